The van der Waals surface area contributed by atoms with E-state index in [1.807, 2.05) is 24.3 Å². The summed E-state index contributed by atoms with van der Waals surface area (Å²) in [7, 11) is -0.738. The van der Waals surface area contributed by atoms with Gasteiger partial charge in [-0.3, -0.25) is 0 Å². The van der Waals surface area contributed by atoms with Crippen LogP contribution in [0.5, 0.6) is 5.75 Å². The van der Waals surface area contributed by atoms with E-state index in [9.17, 15) is 18.3 Å². The Morgan fingerprint density at radius 2 is 1.79 bits per heavy atom. The maximum absolute atomic E-state index is 12.8. The number of carbonyl (C=O) groups is 1. The largest absolute Gasteiger partial charge is 0.497 e. The van der Waals surface area contributed by atoms with Crippen LogP contribution in [-0.4, -0.2) is 53.4 Å². The Kier molecular flexibility index (Phi) is 8.44. The number of rotatable bonds is 12. The fourth-order valence-electron chi connectivity index (χ4n) is 2.66. The molecule has 0 aliphatic carbocycles. The number of anilines is 1. The highest BCUT2D eigenvalue weighted by Gasteiger charge is 2.20. The first kappa shape index (κ1) is 22.7. The lowest BCUT2D eigenvalue weighted by Gasteiger charge is -2.14. The maximum Gasteiger partial charge on any atom is 0.335 e. The van der Waals surface area contributed by atoms with Gasteiger partial charge in [0.25, 0.3) is 0 Å². The fraction of sp³-hybridized carbons (Fsp3) is 0.350. The number of carboxylic acids is 1. The summed E-state index contributed by atoms with van der Waals surface area (Å²) >= 11 is 0. The van der Waals surface area contributed by atoms with E-state index in [4.69, 9.17) is 9.47 Å². The normalized spacial score (nSPS) is 11.2. The molecule has 0 atom stereocenters. The van der Waals surface area contributed by atoms with Crippen molar-refractivity contribution in [3.63, 3.8) is 0 Å². The molecule has 9 heteroatoms. The van der Waals surface area contributed by atoms with E-state index in [1.54, 1.807) is 14.2 Å². The van der Waals surface area contributed by atoms with E-state index in [0.717, 1.165) is 17.4 Å². The summed E-state index contributed by atoms with van der Waals surface area (Å²) in [6.07, 6.45) is 1.17. The number of sulfonamides is 1. The lowest BCUT2D eigenvalue weighted by Crippen LogP contribution is -2.27. The number of ether oxygens (including phenoxy) is 2. The summed E-state index contributed by atoms with van der Waals surface area (Å²) in [5, 5.41) is 12.3. The topological polar surface area (TPSA) is 114 Å². The summed E-state index contributed by atoms with van der Waals surface area (Å²) in [4.78, 5) is 11.2. The van der Waals surface area contributed by atoms with Crippen molar-refractivity contribution < 1.29 is 27.8 Å². The highest BCUT2D eigenvalue weighted by molar-refractivity contribution is 7.89. The van der Waals surface area contributed by atoms with Gasteiger partial charge in [-0.25, -0.2) is 17.9 Å². The van der Waals surface area contributed by atoms with Gasteiger partial charge in [-0.15, -0.1) is 0 Å². The zero-order chi connectivity index (χ0) is 21.3. The molecular formula is C20H26N2O6S. The Morgan fingerprint density at radius 1 is 1.07 bits per heavy atom. The van der Waals surface area contributed by atoms with Crippen molar-refractivity contribution in [2.45, 2.75) is 17.7 Å². The average molecular weight is 423 g/mol. The van der Waals surface area contributed by atoms with Gasteiger partial charge in [0.2, 0.25) is 10.0 Å². The predicted molar refractivity (Wildman–Crippen MR) is 110 cm³/mol. The van der Waals surface area contributed by atoms with Crippen molar-refractivity contribution in [3.8, 4) is 5.75 Å². The predicted octanol–water partition coefficient (Wildman–Crippen LogP) is 2.36. The SMILES string of the molecule is COCCCNc1ccc(C(=O)O)cc1S(=O)(=O)NCCc1ccc(OC)cc1. The minimum atomic E-state index is -3.90. The smallest absolute Gasteiger partial charge is 0.335 e. The van der Waals surface area contributed by atoms with Crippen molar-refractivity contribution in [2.24, 2.45) is 0 Å². The van der Waals surface area contributed by atoms with Gasteiger partial charge < -0.3 is 19.9 Å². The van der Waals surface area contributed by atoms with Gasteiger partial charge in [0.1, 0.15) is 10.6 Å². The van der Waals surface area contributed by atoms with Crippen LogP contribution in [0.15, 0.2) is 47.4 Å². The van der Waals surface area contributed by atoms with Crippen molar-refractivity contribution in [3.05, 3.63) is 53.6 Å². The zero-order valence-corrected chi connectivity index (χ0v) is 17.3. The summed E-state index contributed by atoms with van der Waals surface area (Å²) < 4.78 is 38.3. The lowest BCUT2D eigenvalue weighted by molar-refractivity contribution is 0.0696. The quantitative estimate of drug-likeness (QED) is 0.450. The van der Waals surface area contributed by atoms with Crippen molar-refractivity contribution in [1.82, 2.24) is 4.72 Å². The second kappa shape index (κ2) is 10.8. The van der Waals surface area contributed by atoms with Gasteiger partial charge in [0.15, 0.2) is 0 Å². The molecule has 0 saturated heterocycles. The molecular weight excluding hydrogens is 396 g/mol. The van der Waals surface area contributed by atoms with Crippen molar-refractivity contribution in [1.29, 1.82) is 0 Å². The van der Waals surface area contributed by atoms with Crippen LogP contribution in [0.4, 0.5) is 5.69 Å². The molecule has 29 heavy (non-hydrogen) atoms. The lowest BCUT2D eigenvalue weighted by atomic mass is 10.1. The van der Waals surface area contributed by atoms with Gasteiger partial charge in [-0.2, -0.15) is 0 Å². The Hall–Kier alpha value is -2.62. The van der Waals surface area contributed by atoms with Crippen molar-refractivity contribution >= 4 is 21.7 Å². The number of carboxylic acid groups (broad SMARTS) is 1. The molecule has 8 nitrogen and oxygen atoms in total. The van der Waals surface area contributed by atoms with Crippen LogP contribution in [0.2, 0.25) is 0 Å². The maximum atomic E-state index is 12.8. The summed E-state index contributed by atoms with van der Waals surface area (Å²) in [6.45, 7) is 1.20. The standard InChI is InChI=1S/C20H26N2O6S/c1-27-13-3-11-21-18-9-6-16(20(23)24)14-19(18)29(25,26)22-12-10-15-4-7-17(28-2)8-5-15/h4-9,14,21-22H,3,10-13H2,1-2H3,(H,23,24). The van der Waals surface area contributed by atoms with E-state index in [-0.39, 0.29) is 17.0 Å². The van der Waals surface area contributed by atoms with Crippen LogP contribution in [0.25, 0.3) is 0 Å². The molecule has 0 saturated carbocycles. The first-order valence-corrected chi connectivity index (χ1v) is 10.6. The molecule has 0 radical (unpaired) electrons. The minimum Gasteiger partial charge on any atom is -0.497 e. The summed E-state index contributed by atoms with van der Waals surface area (Å²) in [5.74, 6) is -0.463. The number of methoxy groups -OCH3 is 2. The Labute approximate surface area is 170 Å². The number of hydrogen-bond acceptors (Lipinski definition) is 6. The molecule has 2 aromatic carbocycles. The van der Waals surface area contributed by atoms with E-state index in [1.165, 1.54) is 12.1 Å². The van der Waals surface area contributed by atoms with E-state index >= 15 is 0 Å². The van der Waals surface area contributed by atoms with Crippen LogP contribution < -0.4 is 14.8 Å². The van der Waals surface area contributed by atoms with Gasteiger partial charge in [-0.1, -0.05) is 12.1 Å². The third-order valence-electron chi connectivity index (χ3n) is 4.22. The number of hydrogen-bond donors (Lipinski definition) is 3. The monoisotopic (exact) mass is 422 g/mol. The Morgan fingerprint density at radius 3 is 2.41 bits per heavy atom. The molecule has 0 heterocycles. The molecule has 158 valence electrons. The molecule has 0 unspecified atom stereocenters. The minimum absolute atomic E-state index is 0.0930. The molecule has 0 amide bonds. The first-order valence-electron chi connectivity index (χ1n) is 9.10. The summed E-state index contributed by atoms with van der Waals surface area (Å²) in [6, 6.07) is 11.3. The second-order valence-corrected chi connectivity index (χ2v) is 8.02. The van der Waals surface area contributed by atoms with Crippen molar-refractivity contribution in [2.75, 3.05) is 39.2 Å². The number of aromatic carboxylic acids is 1. The second-order valence-electron chi connectivity index (χ2n) is 6.29. The van der Waals surface area contributed by atoms with Crippen LogP contribution in [0.1, 0.15) is 22.3 Å². The van der Waals surface area contributed by atoms with Crippen LogP contribution in [-0.2, 0) is 21.2 Å². The number of benzene rings is 2. The molecule has 0 bridgehead atoms. The Balaban J connectivity index is 2.12. The van der Waals surface area contributed by atoms with Gasteiger partial charge >= 0.3 is 5.97 Å². The molecule has 2 rings (SSSR count). The fourth-order valence-corrected chi connectivity index (χ4v) is 3.90. The van der Waals surface area contributed by atoms with Crippen LogP contribution in [0.3, 0.4) is 0 Å². The highest BCUT2D eigenvalue weighted by atomic mass is 32.2. The molecule has 0 spiro atoms. The molecule has 0 aromatic heterocycles. The molecule has 0 fully saturated rings. The molecule has 3 N–H and O–H groups in total. The average Bonchev–Trinajstić information content (AvgIpc) is 2.71. The van der Waals surface area contributed by atoms with Crippen LogP contribution >= 0.6 is 0 Å². The van der Waals surface area contributed by atoms with Gasteiger partial charge in [0, 0.05) is 26.8 Å². The molecule has 0 aliphatic heterocycles. The van der Waals surface area contributed by atoms with Gasteiger partial charge in [-0.05, 0) is 48.7 Å². The van der Waals surface area contributed by atoms with E-state index < -0.39 is 16.0 Å². The third kappa shape index (κ3) is 6.74. The van der Waals surface area contributed by atoms with Crippen LogP contribution in [0, 0.1) is 0 Å². The molecule has 0 aliphatic rings. The zero-order valence-electron chi connectivity index (χ0n) is 16.5. The highest BCUT2D eigenvalue weighted by Crippen LogP contribution is 2.23. The third-order valence-corrected chi connectivity index (χ3v) is 5.72. The number of nitrogens with one attached hydrogen (secondary N) is 2. The molecule has 2 aromatic rings. The van der Waals surface area contributed by atoms with E-state index in [0.29, 0.717) is 31.7 Å². The Bertz CT molecular complexity index is 913. The van der Waals surface area contributed by atoms with E-state index in [2.05, 4.69) is 10.0 Å². The van der Waals surface area contributed by atoms with Gasteiger partial charge in [0.05, 0.1) is 18.4 Å². The summed E-state index contributed by atoms with van der Waals surface area (Å²) in [5.41, 5.74) is 1.21. The first-order chi connectivity index (χ1) is 13.9.